The van der Waals surface area contributed by atoms with Gasteiger partial charge in [0.1, 0.15) is 0 Å². The van der Waals surface area contributed by atoms with E-state index in [-0.39, 0.29) is 0 Å². The molecule has 0 saturated carbocycles. The third-order valence-electron chi connectivity index (χ3n) is 1.85. The summed E-state index contributed by atoms with van der Waals surface area (Å²) in [5.41, 5.74) is 4.17. The van der Waals surface area contributed by atoms with Crippen molar-refractivity contribution in [3.63, 3.8) is 0 Å². The Morgan fingerprint density at radius 2 is 2.10 bits per heavy atom. The van der Waals surface area contributed by atoms with Crippen LogP contribution < -0.4 is 5.44 Å². The maximum atomic E-state index is 3.20. The predicted molar refractivity (Wildman–Crippen MR) is 48.9 cm³/mol. The van der Waals surface area contributed by atoms with Crippen LogP contribution in [0.1, 0.15) is 25.0 Å². The first-order valence-electron chi connectivity index (χ1n) is 3.74. The largest absolute Gasteiger partial charge is 0.361 e. The molecular formula is C8H14NP. The number of hydrogen-bond acceptors (Lipinski definition) is 0. The molecule has 2 heteroatoms. The van der Waals surface area contributed by atoms with Crippen molar-refractivity contribution in [2.24, 2.45) is 0 Å². The molecule has 1 nitrogen and oxygen atoms in total. The van der Waals surface area contributed by atoms with Gasteiger partial charge >= 0.3 is 0 Å². The second kappa shape index (κ2) is 3.21. The van der Waals surface area contributed by atoms with Crippen LogP contribution in [0.4, 0.5) is 0 Å². The molecule has 0 spiro atoms. The van der Waals surface area contributed by atoms with Crippen LogP contribution in [-0.4, -0.2) is 4.98 Å². The topological polar surface area (TPSA) is 15.8 Å². The maximum absolute atomic E-state index is 3.20. The second-order valence-electron chi connectivity index (χ2n) is 2.41. The van der Waals surface area contributed by atoms with Crippen LogP contribution in [0.2, 0.25) is 0 Å². The van der Waals surface area contributed by atoms with Gasteiger partial charge in [-0.1, -0.05) is 23.1 Å². The normalized spacial score (nSPS) is 10.3. The lowest BCUT2D eigenvalue weighted by Gasteiger charge is -1.96. The highest BCUT2D eigenvalue weighted by Gasteiger charge is 2.02. The summed E-state index contributed by atoms with van der Waals surface area (Å²) in [6.07, 6.45) is 4.36. The van der Waals surface area contributed by atoms with Gasteiger partial charge in [-0.25, -0.2) is 0 Å². The molecule has 56 valence electrons. The zero-order chi connectivity index (χ0) is 7.56. The lowest BCUT2D eigenvalue weighted by atomic mass is 10.1. The molecule has 0 fully saturated rings. The molecule has 0 bridgehead atoms. The highest BCUT2D eigenvalue weighted by molar-refractivity contribution is 7.27. The zero-order valence-electron chi connectivity index (χ0n) is 6.57. The molecule has 0 aliphatic carbocycles. The third-order valence-corrected chi connectivity index (χ3v) is 2.36. The van der Waals surface area contributed by atoms with Gasteiger partial charge in [0, 0.05) is 11.6 Å². The van der Waals surface area contributed by atoms with E-state index in [1.54, 1.807) is 0 Å². The van der Waals surface area contributed by atoms with Gasteiger partial charge in [0.2, 0.25) is 0 Å². The average molecular weight is 155 g/mol. The van der Waals surface area contributed by atoms with Crippen LogP contribution >= 0.6 is 9.24 Å². The monoisotopic (exact) mass is 155 g/mol. The molecule has 1 N–H and O–H groups in total. The molecule has 1 aromatic heterocycles. The standard InChI is InChI=1S/C8H14NP/c1-3-6-5-9-8(10)7(6)4-2/h5,9H,3-4,10H2,1-2H3. The molecule has 1 unspecified atom stereocenters. The van der Waals surface area contributed by atoms with Crippen LogP contribution in [-0.2, 0) is 12.8 Å². The minimum Gasteiger partial charge on any atom is -0.361 e. The molecule has 0 aromatic carbocycles. The Balaban J connectivity index is 3.01. The van der Waals surface area contributed by atoms with E-state index in [1.165, 1.54) is 16.6 Å². The SMILES string of the molecule is CCc1c[nH]c(P)c1CC. The molecule has 0 aliphatic heterocycles. The molecule has 0 aliphatic rings. The van der Waals surface area contributed by atoms with Crippen molar-refractivity contribution in [1.82, 2.24) is 4.98 Å². The Morgan fingerprint density at radius 1 is 1.40 bits per heavy atom. The van der Waals surface area contributed by atoms with Gasteiger partial charge in [0.25, 0.3) is 0 Å². The lowest BCUT2D eigenvalue weighted by molar-refractivity contribution is 1.06. The summed E-state index contributed by atoms with van der Waals surface area (Å²) in [5.74, 6) is 0. The summed E-state index contributed by atoms with van der Waals surface area (Å²) in [6.45, 7) is 4.38. The molecule has 0 radical (unpaired) electrons. The van der Waals surface area contributed by atoms with Gasteiger partial charge in [0.05, 0.1) is 0 Å². The fourth-order valence-electron chi connectivity index (χ4n) is 1.25. The Hall–Kier alpha value is -0.290. The fourth-order valence-corrected chi connectivity index (χ4v) is 1.72. The van der Waals surface area contributed by atoms with Gasteiger partial charge < -0.3 is 4.98 Å². The maximum Gasteiger partial charge on any atom is 0.0355 e. The summed E-state index contributed by atoms with van der Waals surface area (Å²) >= 11 is 0. The van der Waals surface area contributed by atoms with Gasteiger partial charge in [0.15, 0.2) is 0 Å². The molecule has 1 aromatic rings. The Labute approximate surface area is 64.4 Å². The zero-order valence-corrected chi connectivity index (χ0v) is 7.72. The summed E-state index contributed by atoms with van der Waals surface area (Å²) in [7, 11) is 2.73. The molecule has 1 atom stereocenters. The minimum absolute atomic E-state index is 1.13. The van der Waals surface area contributed by atoms with E-state index < -0.39 is 0 Å². The fraction of sp³-hybridized carbons (Fsp3) is 0.500. The quantitative estimate of drug-likeness (QED) is 0.625. The van der Waals surface area contributed by atoms with Crippen molar-refractivity contribution in [2.75, 3.05) is 0 Å². The first-order valence-corrected chi connectivity index (χ1v) is 4.31. The van der Waals surface area contributed by atoms with Crippen LogP contribution in [0.15, 0.2) is 6.20 Å². The smallest absolute Gasteiger partial charge is 0.0355 e. The minimum atomic E-state index is 1.13. The molecule has 0 amide bonds. The highest BCUT2D eigenvalue weighted by atomic mass is 31.0. The summed E-state index contributed by atoms with van der Waals surface area (Å²) in [5, 5.41) is 0. The van der Waals surface area contributed by atoms with Gasteiger partial charge in [-0.15, -0.1) is 0 Å². The van der Waals surface area contributed by atoms with E-state index in [2.05, 4.69) is 34.3 Å². The van der Waals surface area contributed by atoms with E-state index in [4.69, 9.17) is 0 Å². The molecule has 10 heavy (non-hydrogen) atoms. The molecule has 1 rings (SSSR count). The van der Waals surface area contributed by atoms with E-state index in [1.807, 2.05) is 0 Å². The summed E-state index contributed by atoms with van der Waals surface area (Å²) in [4.78, 5) is 3.20. The molecular weight excluding hydrogens is 141 g/mol. The van der Waals surface area contributed by atoms with Crippen molar-refractivity contribution in [3.8, 4) is 0 Å². The lowest BCUT2D eigenvalue weighted by Crippen LogP contribution is -1.98. The Bertz CT molecular complexity index is 215. The van der Waals surface area contributed by atoms with Crippen molar-refractivity contribution in [1.29, 1.82) is 0 Å². The van der Waals surface area contributed by atoms with Crippen molar-refractivity contribution >= 4 is 14.7 Å². The second-order valence-corrected chi connectivity index (χ2v) is 2.99. The summed E-state index contributed by atoms with van der Waals surface area (Å²) < 4.78 is 0. The number of aromatic amines is 1. The van der Waals surface area contributed by atoms with Crippen LogP contribution in [0.3, 0.4) is 0 Å². The van der Waals surface area contributed by atoms with Gasteiger partial charge in [-0.2, -0.15) is 0 Å². The Kier molecular flexibility index (Phi) is 2.50. The first-order chi connectivity index (χ1) is 4.79. The number of aromatic nitrogens is 1. The van der Waals surface area contributed by atoms with Crippen molar-refractivity contribution in [3.05, 3.63) is 17.3 Å². The van der Waals surface area contributed by atoms with Crippen LogP contribution in [0, 0.1) is 0 Å². The van der Waals surface area contributed by atoms with Crippen LogP contribution in [0.25, 0.3) is 0 Å². The average Bonchev–Trinajstić information content (AvgIpc) is 2.30. The van der Waals surface area contributed by atoms with Gasteiger partial charge in [-0.3, -0.25) is 0 Å². The highest BCUT2D eigenvalue weighted by Crippen LogP contribution is 2.09. The van der Waals surface area contributed by atoms with Gasteiger partial charge in [-0.05, 0) is 24.0 Å². The molecule has 0 saturated heterocycles. The van der Waals surface area contributed by atoms with E-state index in [0.717, 1.165) is 12.8 Å². The first kappa shape index (κ1) is 7.81. The number of nitrogens with one attached hydrogen (secondary N) is 1. The Morgan fingerprint density at radius 3 is 2.50 bits per heavy atom. The van der Waals surface area contributed by atoms with E-state index >= 15 is 0 Å². The van der Waals surface area contributed by atoms with E-state index in [0.29, 0.717) is 0 Å². The van der Waals surface area contributed by atoms with Crippen molar-refractivity contribution < 1.29 is 0 Å². The number of aryl methyl sites for hydroxylation is 1. The van der Waals surface area contributed by atoms with E-state index in [9.17, 15) is 0 Å². The van der Waals surface area contributed by atoms with Crippen LogP contribution in [0.5, 0.6) is 0 Å². The number of H-pyrrole nitrogens is 1. The van der Waals surface area contributed by atoms with Crippen molar-refractivity contribution in [2.45, 2.75) is 26.7 Å². The number of hydrogen-bond donors (Lipinski definition) is 1. The molecule has 1 heterocycles. The third kappa shape index (κ3) is 1.24. The number of rotatable bonds is 2. The summed E-state index contributed by atoms with van der Waals surface area (Å²) in [6, 6.07) is 0. The predicted octanol–water partition coefficient (Wildman–Crippen LogP) is 1.64.